The van der Waals surface area contributed by atoms with Crippen molar-refractivity contribution in [3.05, 3.63) is 29.8 Å². The van der Waals surface area contributed by atoms with Gasteiger partial charge in [-0.1, -0.05) is 23.4 Å². The number of benzene rings is 1. The third-order valence-corrected chi connectivity index (χ3v) is 1.94. The van der Waals surface area contributed by atoms with Gasteiger partial charge in [-0.2, -0.15) is 0 Å². The lowest BCUT2D eigenvalue weighted by Gasteiger charge is -2.04. The molecule has 0 N–H and O–H groups in total. The SMILES string of the molecule is CC(=O)c1ccccc1OPCl. The van der Waals surface area contributed by atoms with E-state index in [2.05, 4.69) is 0 Å². The van der Waals surface area contributed by atoms with Gasteiger partial charge in [-0.05, 0) is 19.1 Å². The second kappa shape index (κ2) is 4.44. The van der Waals surface area contributed by atoms with Crippen molar-refractivity contribution in [2.45, 2.75) is 6.92 Å². The zero-order chi connectivity index (χ0) is 8.97. The number of para-hydroxylation sites is 1. The molecule has 0 fully saturated rings. The van der Waals surface area contributed by atoms with Crippen LogP contribution in [0.25, 0.3) is 0 Å². The van der Waals surface area contributed by atoms with Gasteiger partial charge in [0.15, 0.2) is 13.9 Å². The number of ketones is 1. The van der Waals surface area contributed by atoms with E-state index in [-0.39, 0.29) is 13.9 Å². The minimum absolute atomic E-state index is 0.0134. The molecule has 1 atom stereocenters. The molecule has 0 aliphatic rings. The predicted octanol–water partition coefficient (Wildman–Crippen LogP) is 3.02. The molecular weight excluding hydrogens is 195 g/mol. The molecule has 1 unspecified atom stereocenters. The number of halogens is 1. The van der Waals surface area contributed by atoms with Crippen LogP contribution in [0.2, 0.25) is 0 Å². The molecule has 1 aromatic carbocycles. The highest BCUT2D eigenvalue weighted by atomic mass is 35.7. The molecule has 1 rings (SSSR count). The molecule has 1 aromatic rings. The number of carbonyl (C=O) groups is 1. The first-order chi connectivity index (χ1) is 5.75. The first-order valence-electron chi connectivity index (χ1n) is 3.38. The van der Waals surface area contributed by atoms with Crippen LogP contribution in [0.3, 0.4) is 0 Å². The quantitative estimate of drug-likeness (QED) is 0.556. The van der Waals surface area contributed by atoms with E-state index >= 15 is 0 Å². The van der Waals surface area contributed by atoms with E-state index < -0.39 is 0 Å². The van der Waals surface area contributed by atoms with Crippen LogP contribution in [0.5, 0.6) is 5.75 Å². The minimum Gasteiger partial charge on any atom is -0.460 e. The standard InChI is InChI=1S/C8H8ClO2P/c1-6(10)7-4-2-3-5-8(7)11-12-9/h2-5,12H,1H3. The summed E-state index contributed by atoms with van der Waals surface area (Å²) in [6, 6.07) is 7.04. The maximum atomic E-state index is 11.0. The normalized spacial score (nSPS) is 10.5. The Bertz CT molecular complexity index is 288. The van der Waals surface area contributed by atoms with E-state index in [1.807, 2.05) is 0 Å². The monoisotopic (exact) mass is 202 g/mol. The van der Waals surface area contributed by atoms with Crippen LogP contribution in [0, 0.1) is 0 Å². The van der Waals surface area contributed by atoms with Crippen molar-refractivity contribution in [3.8, 4) is 5.75 Å². The van der Waals surface area contributed by atoms with Gasteiger partial charge >= 0.3 is 0 Å². The van der Waals surface area contributed by atoms with Crippen molar-refractivity contribution in [1.29, 1.82) is 0 Å². The average Bonchev–Trinajstić information content (AvgIpc) is 2.05. The van der Waals surface area contributed by atoms with Crippen LogP contribution in [0.1, 0.15) is 17.3 Å². The van der Waals surface area contributed by atoms with Crippen molar-refractivity contribution in [2.24, 2.45) is 0 Å². The van der Waals surface area contributed by atoms with E-state index in [9.17, 15) is 4.79 Å². The van der Waals surface area contributed by atoms with Crippen molar-refractivity contribution in [2.75, 3.05) is 0 Å². The number of carbonyl (C=O) groups excluding carboxylic acids is 1. The third-order valence-electron chi connectivity index (χ3n) is 1.41. The lowest BCUT2D eigenvalue weighted by molar-refractivity contribution is 0.101. The van der Waals surface area contributed by atoms with E-state index in [0.717, 1.165) is 0 Å². The molecule has 0 saturated heterocycles. The van der Waals surface area contributed by atoms with Crippen LogP contribution in [-0.2, 0) is 0 Å². The summed E-state index contributed by atoms with van der Waals surface area (Å²) in [5.74, 6) is 0.541. The highest BCUT2D eigenvalue weighted by molar-refractivity contribution is 7.64. The van der Waals surface area contributed by atoms with Gasteiger partial charge in [0.25, 0.3) is 0 Å². The highest BCUT2D eigenvalue weighted by Gasteiger charge is 2.05. The van der Waals surface area contributed by atoms with Crippen molar-refractivity contribution in [1.82, 2.24) is 0 Å². The molecule has 0 amide bonds. The summed E-state index contributed by atoms with van der Waals surface area (Å²) in [6.07, 6.45) is 0. The molecule has 0 bridgehead atoms. The maximum Gasteiger partial charge on any atom is 0.168 e. The molecule has 64 valence electrons. The Balaban J connectivity index is 3.00. The Morgan fingerprint density at radius 3 is 2.75 bits per heavy atom. The van der Waals surface area contributed by atoms with Gasteiger partial charge in [0.1, 0.15) is 5.75 Å². The lowest BCUT2D eigenvalue weighted by atomic mass is 10.1. The van der Waals surface area contributed by atoms with Crippen LogP contribution >= 0.6 is 19.4 Å². The fourth-order valence-electron chi connectivity index (χ4n) is 0.888. The summed E-state index contributed by atoms with van der Waals surface area (Å²) in [5.41, 5.74) is 0.575. The largest absolute Gasteiger partial charge is 0.460 e. The molecule has 0 aromatic heterocycles. The van der Waals surface area contributed by atoms with E-state index in [1.165, 1.54) is 6.92 Å². The summed E-state index contributed by atoms with van der Waals surface area (Å²) in [6.45, 7) is 1.50. The van der Waals surface area contributed by atoms with Gasteiger partial charge < -0.3 is 4.52 Å². The molecule has 12 heavy (non-hydrogen) atoms. The Morgan fingerprint density at radius 2 is 2.17 bits per heavy atom. The molecule has 0 aliphatic heterocycles. The molecular formula is C8H8ClO2P. The second-order valence-corrected chi connectivity index (χ2v) is 3.05. The first kappa shape index (κ1) is 9.50. The summed E-state index contributed by atoms with van der Waals surface area (Å²) >= 11 is 5.41. The molecule has 4 heteroatoms. The van der Waals surface area contributed by atoms with Crippen molar-refractivity contribution >= 4 is 25.2 Å². The number of Topliss-reactive ketones (excluding diaryl/α,β-unsaturated/α-hetero) is 1. The van der Waals surface area contributed by atoms with Crippen molar-refractivity contribution in [3.63, 3.8) is 0 Å². The molecule has 0 aliphatic carbocycles. The zero-order valence-electron chi connectivity index (χ0n) is 6.50. The Labute approximate surface area is 77.5 Å². The summed E-state index contributed by atoms with van der Waals surface area (Å²) in [4.78, 5) is 11.0. The predicted molar refractivity (Wildman–Crippen MR) is 51.2 cm³/mol. The molecule has 0 radical (unpaired) electrons. The lowest BCUT2D eigenvalue weighted by Crippen LogP contribution is -1.94. The minimum atomic E-state index is -0.156. The van der Waals surface area contributed by atoms with Gasteiger partial charge in [0.05, 0.1) is 5.56 Å². The molecule has 0 saturated carbocycles. The van der Waals surface area contributed by atoms with Crippen LogP contribution in [-0.4, -0.2) is 5.78 Å². The Morgan fingerprint density at radius 1 is 1.50 bits per heavy atom. The topological polar surface area (TPSA) is 26.3 Å². The van der Waals surface area contributed by atoms with E-state index in [0.29, 0.717) is 11.3 Å². The van der Waals surface area contributed by atoms with Gasteiger partial charge in [0, 0.05) is 0 Å². The number of hydrogen-bond acceptors (Lipinski definition) is 2. The highest BCUT2D eigenvalue weighted by Crippen LogP contribution is 2.27. The van der Waals surface area contributed by atoms with Gasteiger partial charge in [-0.3, -0.25) is 4.79 Å². The average molecular weight is 203 g/mol. The van der Waals surface area contributed by atoms with Gasteiger partial charge in [0.2, 0.25) is 0 Å². The Hall–Kier alpha value is -0.590. The maximum absolute atomic E-state index is 11.0. The first-order valence-corrected chi connectivity index (χ1v) is 5.30. The van der Waals surface area contributed by atoms with Crippen molar-refractivity contribution < 1.29 is 9.32 Å². The number of hydrogen-bond donors (Lipinski definition) is 0. The van der Waals surface area contributed by atoms with Gasteiger partial charge in [-0.25, -0.2) is 0 Å². The fraction of sp³-hybridized carbons (Fsp3) is 0.125. The summed E-state index contributed by atoms with van der Waals surface area (Å²) < 4.78 is 5.07. The van der Waals surface area contributed by atoms with Crippen LogP contribution in [0.4, 0.5) is 0 Å². The number of rotatable bonds is 3. The fourth-order valence-corrected chi connectivity index (χ4v) is 1.40. The summed E-state index contributed by atoms with van der Waals surface area (Å²) in [7, 11) is -0.156. The third kappa shape index (κ3) is 2.20. The van der Waals surface area contributed by atoms with Gasteiger partial charge in [-0.15, -0.1) is 0 Å². The smallest absolute Gasteiger partial charge is 0.168 e. The molecule has 0 spiro atoms. The van der Waals surface area contributed by atoms with E-state index in [1.54, 1.807) is 24.3 Å². The second-order valence-electron chi connectivity index (χ2n) is 2.23. The Kier molecular flexibility index (Phi) is 3.51. The van der Waals surface area contributed by atoms with Crippen LogP contribution in [0.15, 0.2) is 24.3 Å². The zero-order valence-corrected chi connectivity index (χ0v) is 8.26. The molecule has 0 heterocycles. The van der Waals surface area contributed by atoms with Crippen LogP contribution < -0.4 is 4.52 Å². The van der Waals surface area contributed by atoms with E-state index in [4.69, 9.17) is 15.8 Å². The molecule has 2 nitrogen and oxygen atoms in total. The summed E-state index contributed by atoms with van der Waals surface area (Å²) in [5, 5.41) is 0.